The highest BCUT2D eigenvalue weighted by Crippen LogP contribution is 2.28. The number of nitrogens with one attached hydrogen (secondary N) is 1. The van der Waals surface area contributed by atoms with Crippen molar-refractivity contribution in [3.63, 3.8) is 0 Å². The van der Waals surface area contributed by atoms with Crippen LogP contribution in [0.4, 0.5) is 4.39 Å². The van der Waals surface area contributed by atoms with Crippen molar-refractivity contribution in [3.8, 4) is 10.6 Å². The average Bonchev–Trinajstić information content (AvgIpc) is 2.95. The van der Waals surface area contributed by atoms with Crippen LogP contribution in [0.1, 0.15) is 22.3 Å². The zero-order valence-electron chi connectivity index (χ0n) is 13.3. The van der Waals surface area contributed by atoms with Gasteiger partial charge in [0.15, 0.2) is 6.10 Å². The van der Waals surface area contributed by atoms with E-state index in [1.165, 1.54) is 25.1 Å². The molecule has 1 aromatic heterocycles. The van der Waals surface area contributed by atoms with Crippen molar-refractivity contribution in [2.75, 3.05) is 6.54 Å². The molecule has 0 bridgehead atoms. The first kappa shape index (κ1) is 17.8. The van der Waals surface area contributed by atoms with Gasteiger partial charge in [-0.3, -0.25) is 4.79 Å². The molecule has 0 aliphatic rings. The summed E-state index contributed by atoms with van der Waals surface area (Å²) in [6, 6.07) is 5.84. The fraction of sp³-hybridized carbons (Fsp3) is 0.235. The van der Waals surface area contributed by atoms with Crippen LogP contribution >= 0.6 is 11.3 Å². The van der Waals surface area contributed by atoms with Crippen LogP contribution in [-0.2, 0) is 9.53 Å². The van der Waals surface area contributed by atoms with E-state index in [2.05, 4.69) is 16.9 Å². The van der Waals surface area contributed by atoms with Crippen molar-refractivity contribution in [2.45, 2.75) is 20.0 Å². The van der Waals surface area contributed by atoms with Gasteiger partial charge in [0.1, 0.15) is 15.7 Å². The maximum Gasteiger partial charge on any atom is 0.351 e. The molecule has 1 heterocycles. The summed E-state index contributed by atoms with van der Waals surface area (Å²) in [6.45, 7) is 6.97. The predicted octanol–water partition coefficient (Wildman–Crippen LogP) is 3.11. The van der Waals surface area contributed by atoms with E-state index in [9.17, 15) is 14.0 Å². The van der Waals surface area contributed by atoms with E-state index in [1.54, 1.807) is 19.1 Å². The first-order valence-electron chi connectivity index (χ1n) is 7.25. The standard InChI is InChI=1S/C17H17FN2O3S/c1-4-9-19-15(21)11(3)23-17(22)14-10(2)20-16(24-14)12-5-7-13(18)8-6-12/h4-8,11H,1,9H2,2-3H3,(H,19,21). The lowest BCUT2D eigenvalue weighted by atomic mass is 10.2. The first-order chi connectivity index (χ1) is 11.4. The number of aryl methyl sites for hydroxylation is 1. The molecule has 1 aromatic carbocycles. The summed E-state index contributed by atoms with van der Waals surface area (Å²) < 4.78 is 18.2. The number of hydrogen-bond donors (Lipinski definition) is 1. The number of thiazole rings is 1. The van der Waals surface area contributed by atoms with Gasteiger partial charge in [-0.05, 0) is 38.1 Å². The number of hydrogen-bond acceptors (Lipinski definition) is 5. The van der Waals surface area contributed by atoms with Crippen LogP contribution in [0.2, 0.25) is 0 Å². The minimum absolute atomic E-state index is 0.301. The minimum atomic E-state index is -0.923. The minimum Gasteiger partial charge on any atom is -0.448 e. The van der Waals surface area contributed by atoms with Crippen molar-refractivity contribution in [3.05, 3.63) is 53.3 Å². The third kappa shape index (κ3) is 4.26. The van der Waals surface area contributed by atoms with Crippen LogP contribution in [0.25, 0.3) is 10.6 Å². The van der Waals surface area contributed by atoms with E-state index in [1.807, 2.05) is 0 Å². The molecule has 0 fully saturated rings. The molecule has 1 amide bonds. The third-order valence-electron chi connectivity index (χ3n) is 3.15. The second-order valence-electron chi connectivity index (χ2n) is 5.02. The number of benzene rings is 1. The number of aromatic nitrogens is 1. The Hall–Kier alpha value is -2.54. The molecule has 7 heteroatoms. The molecular formula is C17H17FN2O3S. The molecule has 24 heavy (non-hydrogen) atoms. The summed E-state index contributed by atoms with van der Waals surface area (Å²) in [7, 11) is 0. The Morgan fingerprint density at radius 1 is 1.42 bits per heavy atom. The van der Waals surface area contributed by atoms with Gasteiger partial charge in [-0.15, -0.1) is 17.9 Å². The second-order valence-corrected chi connectivity index (χ2v) is 6.02. The molecule has 5 nitrogen and oxygen atoms in total. The molecule has 1 atom stereocenters. The topological polar surface area (TPSA) is 68.3 Å². The molecule has 0 aliphatic heterocycles. The Morgan fingerprint density at radius 2 is 2.08 bits per heavy atom. The van der Waals surface area contributed by atoms with E-state index >= 15 is 0 Å². The summed E-state index contributed by atoms with van der Waals surface area (Å²) >= 11 is 1.14. The van der Waals surface area contributed by atoms with E-state index in [4.69, 9.17) is 4.74 Å². The number of ether oxygens (including phenoxy) is 1. The highest BCUT2D eigenvalue weighted by atomic mass is 32.1. The van der Waals surface area contributed by atoms with Gasteiger partial charge in [-0.2, -0.15) is 0 Å². The number of halogens is 1. The van der Waals surface area contributed by atoms with Gasteiger partial charge >= 0.3 is 5.97 Å². The first-order valence-corrected chi connectivity index (χ1v) is 8.07. The molecule has 0 aliphatic carbocycles. The molecule has 0 saturated heterocycles. The van der Waals surface area contributed by atoms with Crippen LogP contribution in [0.15, 0.2) is 36.9 Å². The molecule has 0 radical (unpaired) electrons. The van der Waals surface area contributed by atoms with E-state index in [-0.39, 0.29) is 5.82 Å². The van der Waals surface area contributed by atoms with Crippen LogP contribution in [0.5, 0.6) is 0 Å². The summed E-state index contributed by atoms with van der Waals surface area (Å²) in [4.78, 5) is 28.6. The Kier molecular flexibility index (Phi) is 5.81. The zero-order valence-corrected chi connectivity index (χ0v) is 14.2. The van der Waals surface area contributed by atoms with Crippen molar-refractivity contribution >= 4 is 23.2 Å². The summed E-state index contributed by atoms with van der Waals surface area (Å²) in [5, 5.41) is 3.14. The number of rotatable bonds is 6. The number of esters is 1. The normalized spacial score (nSPS) is 11.6. The van der Waals surface area contributed by atoms with Crippen LogP contribution in [0, 0.1) is 12.7 Å². The van der Waals surface area contributed by atoms with Crippen LogP contribution in [-0.4, -0.2) is 29.5 Å². The molecule has 0 saturated carbocycles. The van der Waals surface area contributed by atoms with Crippen molar-refractivity contribution in [1.29, 1.82) is 0 Å². The molecule has 2 rings (SSSR count). The molecule has 1 N–H and O–H groups in total. The van der Waals surface area contributed by atoms with Crippen molar-refractivity contribution < 1.29 is 18.7 Å². The maximum atomic E-state index is 13.0. The van der Waals surface area contributed by atoms with Gasteiger partial charge in [0.2, 0.25) is 0 Å². The second kappa shape index (κ2) is 7.83. The Morgan fingerprint density at radius 3 is 2.71 bits per heavy atom. The lowest BCUT2D eigenvalue weighted by molar-refractivity contribution is -0.128. The van der Waals surface area contributed by atoms with E-state index in [0.29, 0.717) is 27.7 Å². The van der Waals surface area contributed by atoms with Gasteiger partial charge in [0.05, 0.1) is 5.69 Å². The van der Waals surface area contributed by atoms with E-state index in [0.717, 1.165) is 11.3 Å². The monoisotopic (exact) mass is 348 g/mol. The lowest BCUT2D eigenvalue weighted by Gasteiger charge is -2.12. The zero-order chi connectivity index (χ0) is 17.7. The highest BCUT2D eigenvalue weighted by Gasteiger charge is 2.22. The Labute approximate surface area is 143 Å². The van der Waals surface area contributed by atoms with Gasteiger partial charge in [-0.25, -0.2) is 14.2 Å². The Balaban J connectivity index is 2.11. The van der Waals surface area contributed by atoms with Crippen molar-refractivity contribution in [1.82, 2.24) is 10.3 Å². The SMILES string of the molecule is C=CCNC(=O)C(C)OC(=O)c1sc(-c2ccc(F)cc2)nc1C. The maximum absolute atomic E-state index is 13.0. The number of amides is 1. The molecule has 1 unspecified atom stereocenters. The average molecular weight is 348 g/mol. The largest absolute Gasteiger partial charge is 0.448 e. The fourth-order valence-corrected chi connectivity index (χ4v) is 2.84. The molecule has 2 aromatic rings. The predicted molar refractivity (Wildman–Crippen MR) is 90.3 cm³/mol. The summed E-state index contributed by atoms with van der Waals surface area (Å²) in [5.41, 5.74) is 1.21. The lowest BCUT2D eigenvalue weighted by Crippen LogP contribution is -2.35. The smallest absolute Gasteiger partial charge is 0.351 e. The van der Waals surface area contributed by atoms with E-state index < -0.39 is 18.0 Å². The fourth-order valence-electron chi connectivity index (χ4n) is 1.89. The number of carbonyl (C=O) groups is 2. The number of nitrogens with zero attached hydrogens (tertiary/aromatic N) is 1. The van der Waals surface area contributed by atoms with Crippen LogP contribution < -0.4 is 5.32 Å². The molecule has 126 valence electrons. The third-order valence-corrected chi connectivity index (χ3v) is 4.33. The molecule has 0 spiro atoms. The summed E-state index contributed by atoms with van der Waals surface area (Å²) in [5.74, 6) is -1.35. The van der Waals surface area contributed by atoms with Gasteiger partial charge in [0, 0.05) is 12.1 Å². The Bertz CT molecular complexity index is 756. The molecular weight excluding hydrogens is 331 g/mol. The van der Waals surface area contributed by atoms with Crippen LogP contribution in [0.3, 0.4) is 0 Å². The van der Waals surface area contributed by atoms with Gasteiger partial charge < -0.3 is 10.1 Å². The highest BCUT2D eigenvalue weighted by molar-refractivity contribution is 7.17. The van der Waals surface area contributed by atoms with Crippen molar-refractivity contribution in [2.24, 2.45) is 0 Å². The summed E-state index contributed by atoms with van der Waals surface area (Å²) in [6.07, 6.45) is 0.614. The van der Waals surface area contributed by atoms with Gasteiger partial charge in [0.25, 0.3) is 5.91 Å². The van der Waals surface area contributed by atoms with Gasteiger partial charge in [-0.1, -0.05) is 6.08 Å². The number of carbonyl (C=O) groups excluding carboxylic acids is 2. The quantitative estimate of drug-likeness (QED) is 0.643.